The number of esters is 1. The van der Waals surface area contributed by atoms with E-state index in [1.165, 1.54) is 0 Å². The lowest BCUT2D eigenvalue weighted by Gasteiger charge is -2.53. The number of hydrogen-bond donors (Lipinski definition) is 0. The third kappa shape index (κ3) is 2.39. The molecule has 0 aromatic carbocycles. The molecule has 1 fully saturated rings. The Morgan fingerprint density at radius 1 is 1.47 bits per heavy atom. The van der Waals surface area contributed by atoms with Gasteiger partial charge in [-0.05, 0) is 12.0 Å². The van der Waals surface area contributed by atoms with Gasteiger partial charge in [0.1, 0.15) is 6.04 Å². The van der Waals surface area contributed by atoms with Crippen LogP contribution in [0.5, 0.6) is 0 Å². The van der Waals surface area contributed by atoms with Crippen LogP contribution >= 0.6 is 0 Å². The molecule has 1 heterocycles. The molecule has 0 unspecified atom stereocenters. The molecule has 0 aromatic rings. The summed E-state index contributed by atoms with van der Waals surface area (Å²) in [5.41, 5.74) is 0. The number of amides is 1. The molecule has 98 valence electrons. The fourth-order valence-corrected chi connectivity index (χ4v) is 4.32. The van der Waals surface area contributed by atoms with Gasteiger partial charge in [0.25, 0.3) is 0 Å². The third-order valence-corrected chi connectivity index (χ3v) is 9.38. The Labute approximate surface area is 104 Å². The Morgan fingerprint density at radius 2 is 2.00 bits per heavy atom. The van der Waals surface area contributed by atoms with Crippen LogP contribution in [0.2, 0.25) is 18.1 Å². The highest BCUT2D eigenvalue weighted by molar-refractivity contribution is 6.80. The fourth-order valence-electron chi connectivity index (χ4n) is 1.91. The Morgan fingerprint density at radius 3 is 2.35 bits per heavy atom. The summed E-state index contributed by atoms with van der Waals surface area (Å²) in [7, 11) is -1.96. The van der Waals surface area contributed by atoms with Gasteiger partial charge in [-0.1, -0.05) is 33.9 Å². The van der Waals surface area contributed by atoms with Crippen molar-refractivity contribution in [2.75, 3.05) is 6.61 Å². The van der Waals surface area contributed by atoms with Gasteiger partial charge in [-0.25, -0.2) is 4.79 Å². The average molecular weight is 257 g/mol. The maximum atomic E-state index is 11.8. The van der Waals surface area contributed by atoms with E-state index in [0.29, 0.717) is 13.0 Å². The molecule has 0 bridgehead atoms. The van der Waals surface area contributed by atoms with Crippen LogP contribution < -0.4 is 0 Å². The van der Waals surface area contributed by atoms with E-state index in [-0.39, 0.29) is 23.0 Å². The summed E-state index contributed by atoms with van der Waals surface area (Å²) in [5.74, 6) is -0.161. The predicted octanol–water partition coefficient (Wildman–Crippen LogP) is 2.16. The predicted molar refractivity (Wildman–Crippen MR) is 69.1 cm³/mol. The standard InChI is InChI=1S/C12H23NO3Si/c1-7-16-11(15)9-8-10(14)13(9)17(5,6)12(2,3)4/h9H,7-8H2,1-6H3/t9-/m0/s1. The van der Waals surface area contributed by atoms with Gasteiger partial charge in [0.2, 0.25) is 5.91 Å². The minimum atomic E-state index is -1.96. The number of rotatable bonds is 3. The van der Waals surface area contributed by atoms with E-state index in [1.807, 2.05) is 4.57 Å². The molecule has 1 aliphatic heterocycles. The van der Waals surface area contributed by atoms with E-state index >= 15 is 0 Å². The van der Waals surface area contributed by atoms with Crippen LogP contribution in [0.1, 0.15) is 34.1 Å². The Kier molecular flexibility index (Phi) is 3.71. The summed E-state index contributed by atoms with van der Waals surface area (Å²) >= 11 is 0. The molecule has 5 heteroatoms. The van der Waals surface area contributed by atoms with Gasteiger partial charge >= 0.3 is 5.97 Å². The largest absolute Gasteiger partial charge is 0.464 e. The lowest BCUT2D eigenvalue weighted by atomic mass is 10.1. The topological polar surface area (TPSA) is 46.6 Å². The quantitative estimate of drug-likeness (QED) is 0.442. The smallest absolute Gasteiger partial charge is 0.328 e. The van der Waals surface area contributed by atoms with E-state index in [0.717, 1.165) is 0 Å². The van der Waals surface area contributed by atoms with Crippen molar-refractivity contribution < 1.29 is 14.3 Å². The number of carbonyl (C=O) groups excluding carboxylic acids is 2. The van der Waals surface area contributed by atoms with Crippen LogP contribution in [0, 0.1) is 0 Å². The molecule has 0 aliphatic carbocycles. The van der Waals surface area contributed by atoms with Gasteiger partial charge in [0.15, 0.2) is 8.24 Å². The highest BCUT2D eigenvalue weighted by atomic mass is 28.3. The van der Waals surface area contributed by atoms with Crippen molar-refractivity contribution in [3.63, 3.8) is 0 Å². The second kappa shape index (κ2) is 4.44. The normalized spacial score (nSPS) is 21.2. The maximum absolute atomic E-state index is 11.8. The molecule has 1 aliphatic rings. The molecule has 1 saturated heterocycles. The molecular weight excluding hydrogens is 234 g/mol. The second-order valence-corrected chi connectivity index (χ2v) is 11.1. The molecule has 0 aromatic heterocycles. The van der Waals surface area contributed by atoms with Gasteiger partial charge < -0.3 is 9.30 Å². The molecule has 4 nitrogen and oxygen atoms in total. The molecule has 0 N–H and O–H groups in total. The summed E-state index contributed by atoms with van der Waals surface area (Å²) in [6.07, 6.45) is 0.311. The molecule has 1 rings (SSSR count). The minimum Gasteiger partial charge on any atom is -0.464 e. The zero-order chi connectivity index (χ0) is 13.4. The van der Waals surface area contributed by atoms with E-state index < -0.39 is 8.24 Å². The first-order valence-electron chi connectivity index (χ1n) is 6.11. The monoisotopic (exact) mass is 257 g/mol. The van der Waals surface area contributed by atoms with Gasteiger partial charge in [-0.2, -0.15) is 0 Å². The van der Waals surface area contributed by atoms with Crippen LogP contribution in [0.4, 0.5) is 0 Å². The van der Waals surface area contributed by atoms with Crippen LogP contribution in [0.25, 0.3) is 0 Å². The Balaban J connectivity index is 2.89. The molecule has 0 spiro atoms. The molecule has 1 amide bonds. The summed E-state index contributed by atoms with van der Waals surface area (Å²) in [6.45, 7) is 12.8. The van der Waals surface area contributed by atoms with Crippen molar-refractivity contribution in [1.82, 2.24) is 4.57 Å². The highest BCUT2D eigenvalue weighted by Crippen LogP contribution is 2.42. The van der Waals surface area contributed by atoms with E-state index in [9.17, 15) is 9.59 Å². The van der Waals surface area contributed by atoms with Crippen molar-refractivity contribution in [1.29, 1.82) is 0 Å². The highest BCUT2D eigenvalue weighted by Gasteiger charge is 2.54. The average Bonchev–Trinajstić information content (AvgIpc) is 2.11. The minimum absolute atomic E-state index is 0.0494. The molecule has 1 atom stereocenters. The third-order valence-electron chi connectivity index (χ3n) is 3.94. The van der Waals surface area contributed by atoms with E-state index in [1.54, 1.807) is 6.92 Å². The summed E-state index contributed by atoms with van der Waals surface area (Å²) in [5, 5.41) is 0.0494. The molecule has 0 radical (unpaired) electrons. The first-order chi connectivity index (χ1) is 7.63. The fraction of sp³-hybridized carbons (Fsp3) is 0.833. The zero-order valence-electron chi connectivity index (χ0n) is 11.7. The van der Waals surface area contributed by atoms with Crippen LogP contribution in [-0.4, -0.2) is 37.3 Å². The summed E-state index contributed by atoms with van der Waals surface area (Å²) in [6, 6.07) is -0.344. The molecule has 17 heavy (non-hydrogen) atoms. The molecular formula is C12H23NO3Si. The van der Waals surface area contributed by atoms with Crippen molar-refractivity contribution >= 4 is 20.1 Å². The number of hydrogen-bond acceptors (Lipinski definition) is 3. The van der Waals surface area contributed by atoms with Gasteiger partial charge in [0.05, 0.1) is 13.0 Å². The first kappa shape index (κ1) is 14.2. The van der Waals surface area contributed by atoms with Crippen LogP contribution in [0.3, 0.4) is 0 Å². The molecule has 0 saturated carbocycles. The number of β-lactam (4-membered cyclic amide) rings is 1. The number of nitrogens with zero attached hydrogens (tertiary/aromatic N) is 1. The second-order valence-electron chi connectivity index (χ2n) is 6.04. The van der Waals surface area contributed by atoms with Crippen molar-refractivity contribution in [3.05, 3.63) is 0 Å². The Hall–Kier alpha value is -0.843. The van der Waals surface area contributed by atoms with Crippen LogP contribution in [-0.2, 0) is 14.3 Å². The van der Waals surface area contributed by atoms with E-state index in [4.69, 9.17) is 4.74 Å². The lowest BCUT2D eigenvalue weighted by molar-refractivity contribution is -0.160. The SMILES string of the molecule is CCOC(=O)[C@@H]1CC(=O)N1[Si](C)(C)C(C)(C)C. The van der Waals surface area contributed by atoms with Gasteiger partial charge in [-0.15, -0.1) is 0 Å². The summed E-state index contributed by atoms with van der Waals surface area (Å²) in [4.78, 5) is 23.6. The van der Waals surface area contributed by atoms with Crippen LogP contribution in [0.15, 0.2) is 0 Å². The van der Waals surface area contributed by atoms with Gasteiger partial charge in [-0.3, -0.25) is 4.79 Å². The lowest BCUT2D eigenvalue weighted by Crippen LogP contribution is -2.70. The van der Waals surface area contributed by atoms with Crippen molar-refractivity contribution in [2.45, 2.75) is 58.3 Å². The van der Waals surface area contributed by atoms with Crippen molar-refractivity contribution in [2.24, 2.45) is 0 Å². The number of ether oxygens (including phenoxy) is 1. The summed E-state index contributed by atoms with van der Waals surface area (Å²) < 4.78 is 6.83. The Bertz CT molecular complexity index is 333. The van der Waals surface area contributed by atoms with Gasteiger partial charge in [0, 0.05) is 0 Å². The van der Waals surface area contributed by atoms with Crippen molar-refractivity contribution in [3.8, 4) is 0 Å². The zero-order valence-corrected chi connectivity index (χ0v) is 12.7. The maximum Gasteiger partial charge on any atom is 0.328 e. The van der Waals surface area contributed by atoms with E-state index in [2.05, 4.69) is 33.9 Å². The first-order valence-corrected chi connectivity index (χ1v) is 9.06. The number of carbonyl (C=O) groups is 2.